The van der Waals surface area contributed by atoms with Crippen LogP contribution in [0.1, 0.15) is 16.6 Å². The number of hydrogen-bond acceptors (Lipinski definition) is 3. The normalized spacial score (nSPS) is 9.73. The number of rotatable bonds is 3. The lowest BCUT2D eigenvalue weighted by atomic mass is 10.5. The van der Waals surface area contributed by atoms with Gasteiger partial charge in [0.25, 0.3) is 0 Å². The van der Waals surface area contributed by atoms with Crippen molar-refractivity contribution in [3.63, 3.8) is 0 Å². The van der Waals surface area contributed by atoms with Crippen LogP contribution in [0.3, 0.4) is 0 Å². The molecule has 0 aliphatic carbocycles. The maximum Gasteiger partial charge on any atom is 0.345 e. The first-order valence-corrected chi connectivity index (χ1v) is 5.21. The average molecular weight is 228 g/mol. The van der Waals surface area contributed by atoms with Crippen molar-refractivity contribution in [1.82, 2.24) is 4.90 Å². The Hall–Kier alpha value is -1.56. The van der Waals surface area contributed by atoms with Crippen molar-refractivity contribution in [1.29, 1.82) is 0 Å². The van der Waals surface area contributed by atoms with E-state index in [1.165, 1.54) is 11.0 Å². The molecule has 0 atom stereocenters. The van der Waals surface area contributed by atoms with E-state index in [2.05, 4.69) is 5.32 Å². The molecule has 1 rings (SSSR count). The van der Waals surface area contributed by atoms with Gasteiger partial charge in [0.2, 0.25) is 0 Å². The van der Waals surface area contributed by atoms with Crippen molar-refractivity contribution in [2.75, 3.05) is 18.9 Å². The number of hydrogen-bond donors (Lipinski definition) is 2. The number of nitrogens with zero attached hydrogens (tertiary/aromatic N) is 1. The van der Waals surface area contributed by atoms with Gasteiger partial charge in [0.15, 0.2) is 0 Å². The first-order valence-electron chi connectivity index (χ1n) is 4.39. The fraction of sp³-hybridized carbons (Fsp3) is 0.333. The lowest BCUT2D eigenvalue weighted by molar-refractivity contribution is 0.0702. The van der Waals surface area contributed by atoms with E-state index in [4.69, 9.17) is 5.11 Å². The lowest BCUT2D eigenvalue weighted by Gasteiger charge is -2.14. The molecule has 0 spiro atoms. The zero-order valence-corrected chi connectivity index (χ0v) is 9.30. The van der Waals surface area contributed by atoms with Crippen LogP contribution in [0.5, 0.6) is 0 Å². The number of carboxylic acids is 1. The number of anilines is 1. The number of thiophene rings is 1. The molecular formula is C9H12N2O3S. The molecule has 15 heavy (non-hydrogen) atoms. The van der Waals surface area contributed by atoms with Gasteiger partial charge in [0.05, 0.1) is 5.00 Å². The molecule has 0 bridgehead atoms. The van der Waals surface area contributed by atoms with Gasteiger partial charge in [-0.15, -0.1) is 11.3 Å². The van der Waals surface area contributed by atoms with Gasteiger partial charge in [-0.1, -0.05) is 0 Å². The van der Waals surface area contributed by atoms with Crippen LogP contribution in [0, 0.1) is 0 Å². The number of aromatic carboxylic acids is 1. The summed E-state index contributed by atoms with van der Waals surface area (Å²) in [4.78, 5) is 23.7. The Kier molecular flexibility index (Phi) is 3.68. The number of carboxylic acid groups (broad SMARTS) is 1. The van der Waals surface area contributed by atoms with Crippen LogP contribution >= 0.6 is 11.3 Å². The third-order valence-electron chi connectivity index (χ3n) is 1.87. The van der Waals surface area contributed by atoms with E-state index in [0.29, 0.717) is 11.5 Å². The third kappa shape index (κ3) is 2.95. The predicted octanol–water partition coefficient (Wildman–Crippen LogP) is 1.93. The molecule has 0 unspecified atom stereocenters. The summed E-state index contributed by atoms with van der Waals surface area (Å²) in [5, 5.41) is 11.8. The molecule has 0 aliphatic rings. The van der Waals surface area contributed by atoms with E-state index in [9.17, 15) is 9.59 Å². The maximum atomic E-state index is 11.4. The second kappa shape index (κ2) is 4.79. The second-order valence-electron chi connectivity index (χ2n) is 2.91. The van der Waals surface area contributed by atoms with E-state index in [1.807, 2.05) is 6.92 Å². The number of nitrogens with one attached hydrogen (secondary N) is 1. The molecule has 0 saturated carbocycles. The summed E-state index contributed by atoms with van der Waals surface area (Å²) in [6, 6.07) is 2.81. The fourth-order valence-corrected chi connectivity index (χ4v) is 1.60. The Morgan fingerprint density at radius 2 is 2.20 bits per heavy atom. The van der Waals surface area contributed by atoms with Gasteiger partial charge in [-0.25, -0.2) is 9.59 Å². The molecule has 6 heteroatoms. The van der Waals surface area contributed by atoms with Crippen LogP contribution in [0.15, 0.2) is 12.1 Å². The summed E-state index contributed by atoms with van der Waals surface area (Å²) in [5.74, 6) is -0.982. The van der Waals surface area contributed by atoms with Crippen LogP contribution in [0.2, 0.25) is 0 Å². The Labute approximate surface area is 91.3 Å². The van der Waals surface area contributed by atoms with Gasteiger partial charge in [-0.05, 0) is 19.1 Å². The monoisotopic (exact) mass is 228 g/mol. The zero-order chi connectivity index (χ0) is 11.4. The lowest BCUT2D eigenvalue weighted by Crippen LogP contribution is -2.30. The zero-order valence-electron chi connectivity index (χ0n) is 8.48. The summed E-state index contributed by atoms with van der Waals surface area (Å²) in [6.07, 6.45) is 0. The topological polar surface area (TPSA) is 69.6 Å². The smallest absolute Gasteiger partial charge is 0.345 e. The maximum absolute atomic E-state index is 11.4. The molecule has 1 heterocycles. The SMILES string of the molecule is CCN(C)C(=O)Nc1ccc(C(=O)O)s1. The molecule has 82 valence electrons. The van der Waals surface area contributed by atoms with E-state index >= 15 is 0 Å². The minimum Gasteiger partial charge on any atom is -0.477 e. The summed E-state index contributed by atoms with van der Waals surface area (Å²) in [6.45, 7) is 2.46. The first-order chi connectivity index (χ1) is 7.04. The second-order valence-corrected chi connectivity index (χ2v) is 4.00. The van der Waals surface area contributed by atoms with Gasteiger partial charge in [-0.2, -0.15) is 0 Å². The van der Waals surface area contributed by atoms with Crippen LogP contribution in [0.4, 0.5) is 9.80 Å². The van der Waals surface area contributed by atoms with Crippen LogP contribution in [0.25, 0.3) is 0 Å². The molecule has 2 N–H and O–H groups in total. The Morgan fingerprint density at radius 1 is 1.53 bits per heavy atom. The van der Waals surface area contributed by atoms with Gasteiger partial charge in [0, 0.05) is 13.6 Å². The van der Waals surface area contributed by atoms with E-state index in [-0.39, 0.29) is 10.9 Å². The molecule has 1 aromatic rings. The average Bonchev–Trinajstić information content (AvgIpc) is 2.65. The standard InChI is InChI=1S/C9H12N2O3S/c1-3-11(2)9(14)10-7-5-4-6(15-7)8(12)13/h4-5H,3H2,1-2H3,(H,10,14)(H,12,13). The van der Waals surface area contributed by atoms with Gasteiger partial charge in [0.1, 0.15) is 4.88 Å². The van der Waals surface area contributed by atoms with Crippen LogP contribution in [-0.4, -0.2) is 35.6 Å². The molecule has 0 aliphatic heterocycles. The van der Waals surface area contributed by atoms with Gasteiger partial charge in [-0.3, -0.25) is 5.32 Å². The Morgan fingerprint density at radius 3 is 2.67 bits per heavy atom. The first kappa shape index (κ1) is 11.5. The van der Waals surface area contributed by atoms with Crippen LogP contribution < -0.4 is 5.32 Å². The molecule has 0 saturated heterocycles. The quantitative estimate of drug-likeness (QED) is 0.830. The number of carbonyl (C=O) groups is 2. The van der Waals surface area contributed by atoms with Crippen LogP contribution in [-0.2, 0) is 0 Å². The minimum absolute atomic E-state index is 0.212. The highest BCUT2D eigenvalue weighted by molar-refractivity contribution is 7.18. The number of amides is 2. The van der Waals surface area contributed by atoms with E-state index in [1.54, 1.807) is 13.1 Å². The number of carbonyl (C=O) groups excluding carboxylic acids is 1. The summed E-state index contributed by atoms with van der Waals surface area (Å²) < 4.78 is 0. The van der Waals surface area contributed by atoms with Gasteiger partial charge < -0.3 is 10.0 Å². The number of urea groups is 1. The largest absolute Gasteiger partial charge is 0.477 e. The van der Waals surface area contributed by atoms with Crippen molar-refractivity contribution in [2.24, 2.45) is 0 Å². The molecule has 0 radical (unpaired) electrons. The minimum atomic E-state index is -0.982. The van der Waals surface area contributed by atoms with Crippen molar-refractivity contribution in [3.8, 4) is 0 Å². The highest BCUT2D eigenvalue weighted by Gasteiger charge is 2.10. The van der Waals surface area contributed by atoms with Crippen molar-refractivity contribution in [3.05, 3.63) is 17.0 Å². The van der Waals surface area contributed by atoms with Crippen molar-refractivity contribution >= 4 is 28.3 Å². The molecule has 2 amide bonds. The third-order valence-corrected chi connectivity index (χ3v) is 2.86. The Bertz CT molecular complexity index is 375. The summed E-state index contributed by atoms with van der Waals surface area (Å²) in [5.41, 5.74) is 0. The molecule has 5 nitrogen and oxygen atoms in total. The summed E-state index contributed by atoms with van der Waals surface area (Å²) >= 11 is 1.04. The molecule has 1 aromatic heterocycles. The summed E-state index contributed by atoms with van der Waals surface area (Å²) in [7, 11) is 1.67. The molecule has 0 fully saturated rings. The molecular weight excluding hydrogens is 216 g/mol. The highest BCUT2D eigenvalue weighted by atomic mass is 32.1. The Balaban J connectivity index is 2.65. The fourth-order valence-electron chi connectivity index (χ4n) is 0.864. The highest BCUT2D eigenvalue weighted by Crippen LogP contribution is 2.21. The van der Waals surface area contributed by atoms with Gasteiger partial charge >= 0.3 is 12.0 Å². The molecule has 0 aromatic carbocycles. The van der Waals surface area contributed by atoms with Crippen molar-refractivity contribution < 1.29 is 14.7 Å². The predicted molar refractivity (Wildman–Crippen MR) is 58.6 cm³/mol. The van der Waals surface area contributed by atoms with Crippen molar-refractivity contribution in [2.45, 2.75) is 6.92 Å². The van der Waals surface area contributed by atoms with E-state index < -0.39 is 5.97 Å². The van der Waals surface area contributed by atoms with E-state index in [0.717, 1.165) is 11.3 Å².